The molecular formula is C22H25N7. The molecule has 4 aromatic rings. The Labute approximate surface area is 170 Å². The summed E-state index contributed by atoms with van der Waals surface area (Å²) in [7, 11) is 2.05. The van der Waals surface area contributed by atoms with Crippen molar-refractivity contribution in [3.8, 4) is 11.5 Å². The van der Waals surface area contributed by atoms with Gasteiger partial charge in [0.1, 0.15) is 11.5 Å². The van der Waals surface area contributed by atoms with E-state index < -0.39 is 0 Å². The first kappa shape index (κ1) is 18.0. The third kappa shape index (κ3) is 3.31. The zero-order valence-corrected chi connectivity index (χ0v) is 17.1. The van der Waals surface area contributed by atoms with Crippen LogP contribution in [-0.2, 0) is 26.7 Å². The van der Waals surface area contributed by atoms with Crippen LogP contribution < -0.4 is 0 Å². The number of hydrogen-bond donors (Lipinski definition) is 0. The Morgan fingerprint density at radius 2 is 1.93 bits per heavy atom. The minimum absolute atomic E-state index is 0.341. The van der Waals surface area contributed by atoms with Crippen LogP contribution in [0.1, 0.15) is 37.0 Å². The number of para-hydroxylation sites is 2. The van der Waals surface area contributed by atoms with E-state index in [1.807, 2.05) is 30.5 Å². The fourth-order valence-corrected chi connectivity index (χ4v) is 3.95. The predicted octanol–water partition coefficient (Wildman–Crippen LogP) is 3.37. The molecular weight excluding hydrogens is 362 g/mol. The van der Waals surface area contributed by atoms with Crippen LogP contribution >= 0.6 is 0 Å². The van der Waals surface area contributed by atoms with Crippen molar-refractivity contribution in [1.29, 1.82) is 0 Å². The average Bonchev–Trinajstić information content (AvgIpc) is 3.29. The van der Waals surface area contributed by atoms with E-state index in [2.05, 4.69) is 52.2 Å². The van der Waals surface area contributed by atoms with E-state index in [4.69, 9.17) is 15.1 Å². The zero-order valence-electron chi connectivity index (χ0n) is 17.1. The van der Waals surface area contributed by atoms with Crippen molar-refractivity contribution in [2.75, 3.05) is 6.54 Å². The van der Waals surface area contributed by atoms with Crippen LogP contribution in [0.4, 0.5) is 0 Å². The van der Waals surface area contributed by atoms with Gasteiger partial charge in [0.05, 0.1) is 29.0 Å². The van der Waals surface area contributed by atoms with Crippen molar-refractivity contribution in [2.45, 2.75) is 39.4 Å². The number of benzene rings is 1. The summed E-state index contributed by atoms with van der Waals surface area (Å²) in [5, 5.41) is 4.84. The molecule has 7 heteroatoms. The predicted molar refractivity (Wildman–Crippen MR) is 112 cm³/mol. The van der Waals surface area contributed by atoms with Gasteiger partial charge in [0, 0.05) is 38.8 Å². The van der Waals surface area contributed by atoms with Gasteiger partial charge in [-0.15, -0.1) is 0 Å². The molecule has 0 atom stereocenters. The number of aromatic nitrogens is 6. The Balaban J connectivity index is 1.38. The number of imidazole rings is 1. The molecule has 0 amide bonds. The van der Waals surface area contributed by atoms with Crippen LogP contribution in [0, 0.1) is 0 Å². The van der Waals surface area contributed by atoms with Gasteiger partial charge in [0.2, 0.25) is 0 Å². The molecule has 0 saturated heterocycles. The second-order valence-corrected chi connectivity index (χ2v) is 8.00. The first-order chi connectivity index (χ1) is 14.1. The van der Waals surface area contributed by atoms with Gasteiger partial charge in [-0.1, -0.05) is 26.0 Å². The second kappa shape index (κ2) is 7.08. The molecule has 148 valence electrons. The topological polar surface area (TPSA) is 64.7 Å². The molecule has 1 aromatic carbocycles. The lowest BCUT2D eigenvalue weighted by Gasteiger charge is -2.27. The van der Waals surface area contributed by atoms with E-state index >= 15 is 0 Å². The van der Waals surface area contributed by atoms with Crippen LogP contribution in [0.25, 0.3) is 22.6 Å². The third-order valence-electron chi connectivity index (χ3n) is 5.53. The van der Waals surface area contributed by atoms with E-state index in [9.17, 15) is 0 Å². The van der Waals surface area contributed by atoms with E-state index in [0.717, 1.165) is 60.2 Å². The summed E-state index contributed by atoms with van der Waals surface area (Å²) in [5.41, 5.74) is 5.36. The highest BCUT2D eigenvalue weighted by Gasteiger charge is 2.21. The lowest BCUT2D eigenvalue weighted by molar-refractivity contribution is 0.203. The SMILES string of the molecule is CC(C)c1nccc(CN2CCn3nc(-c4nc5ccccc5n4C)cc3C2)n1. The van der Waals surface area contributed by atoms with E-state index in [1.54, 1.807) is 0 Å². The second-order valence-electron chi connectivity index (χ2n) is 8.00. The molecule has 0 aliphatic carbocycles. The number of fused-ring (bicyclic) bond motifs is 2. The summed E-state index contributed by atoms with van der Waals surface area (Å²) >= 11 is 0. The summed E-state index contributed by atoms with van der Waals surface area (Å²) in [6, 6.07) is 12.4. The van der Waals surface area contributed by atoms with Crippen LogP contribution in [0.3, 0.4) is 0 Å². The number of nitrogens with zero attached hydrogens (tertiary/aromatic N) is 7. The molecule has 0 N–H and O–H groups in total. The lowest BCUT2D eigenvalue weighted by atomic mass is 10.2. The normalized spacial score (nSPS) is 14.6. The summed E-state index contributed by atoms with van der Waals surface area (Å²) in [6.07, 6.45) is 1.87. The summed E-state index contributed by atoms with van der Waals surface area (Å²) < 4.78 is 4.24. The summed E-state index contributed by atoms with van der Waals surface area (Å²) in [4.78, 5) is 16.3. The number of hydrogen-bond acceptors (Lipinski definition) is 5. The van der Waals surface area contributed by atoms with Gasteiger partial charge in [0.15, 0.2) is 5.82 Å². The maximum atomic E-state index is 4.84. The minimum atomic E-state index is 0.341. The Morgan fingerprint density at radius 1 is 1.07 bits per heavy atom. The molecule has 5 rings (SSSR count). The van der Waals surface area contributed by atoms with E-state index in [-0.39, 0.29) is 0 Å². The van der Waals surface area contributed by atoms with Gasteiger partial charge in [-0.3, -0.25) is 9.58 Å². The largest absolute Gasteiger partial charge is 0.326 e. The van der Waals surface area contributed by atoms with Crippen LogP contribution in [0.5, 0.6) is 0 Å². The lowest BCUT2D eigenvalue weighted by Crippen LogP contribution is -2.33. The van der Waals surface area contributed by atoms with Crippen molar-refractivity contribution in [3.05, 3.63) is 59.8 Å². The molecule has 0 spiro atoms. The third-order valence-corrected chi connectivity index (χ3v) is 5.53. The molecule has 1 aliphatic heterocycles. The fraction of sp³-hybridized carbons (Fsp3) is 0.364. The molecule has 0 radical (unpaired) electrons. The van der Waals surface area contributed by atoms with Crippen LogP contribution in [0.15, 0.2) is 42.6 Å². The van der Waals surface area contributed by atoms with Gasteiger partial charge < -0.3 is 4.57 Å². The van der Waals surface area contributed by atoms with Crippen LogP contribution in [0.2, 0.25) is 0 Å². The monoisotopic (exact) mass is 387 g/mol. The van der Waals surface area contributed by atoms with Gasteiger partial charge in [-0.2, -0.15) is 5.10 Å². The average molecular weight is 387 g/mol. The van der Waals surface area contributed by atoms with Gasteiger partial charge in [-0.25, -0.2) is 15.0 Å². The highest BCUT2D eigenvalue weighted by molar-refractivity contribution is 5.79. The van der Waals surface area contributed by atoms with Gasteiger partial charge in [-0.05, 0) is 24.3 Å². The molecule has 0 fully saturated rings. The minimum Gasteiger partial charge on any atom is -0.326 e. The van der Waals surface area contributed by atoms with Crippen LogP contribution in [-0.4, -0.2) is 40.7 Å². The highest BCUT2D eigenvalue weighted by atomic mass is 15.3. The quantitative estimate of drug-likeness (QED) is 0.537. The number of aryl methyl sites for hydroxylation is 1. The molecule has 7 nitrogen and oxygen atoms in total. The maximum absolute atomic E-state index is 4.84. The Bertz CT molecular complexity index is 1170. The zero-order chi connectivity index (χ0) is 20.0. The highest BCUT2D eigenvalue weighted by Crippen LogP contribution is 2.25. The van der Waals surface area contributed by atoms with Crippen molar-refractivity contribution < 1.29 is 0 Å². The molecule has 1 aliphatic rings. The molecule has 0 bridgehead atoms. The Morgan fingerprint density at radius 3 is 2.76 bits per heavy atom. The van der Waals surface area contributed by atoms with Crippen molar-refractivity contribution in [2.24, 2.45) is 7.05 Å². The fourth-order valence-electron chi connectivity index (χ4n) is 3.95. The number of rotatable bonds is 4. The van der Waals surface area contributed by atoms with Gasteiger partial charge >= 0.3 is 0 Å². The first-order valence-corrected chi connectivity index (χ1v) is 10.1. The molecule has 29 heavy (non-hydrogen) atoms. The van der Waals surface area contributed by atoms with Crippen molar-refractivity contribution in [1.82, 2.24) is 34.2 Å². The first-order valence-electron chi connectivity index (χ1n) is 10.1. The summed E-state index contributed by atoms with van der Waals surface area (Å²) in [6.45, 7) is 7.77. The molecule has 0 unspecified atom stereocenters. The molecule has 0 saturated carbocycles. The van der Waals surface area contributed by atoms with Crippen molar-refractivity contribution in [3.63, 3.8) is 0 Å². The maximum Gasteiger partial charge on any atom is 0.161 e. The Kier molecular flexibility index (Phi) is 4.39. The standard InChI is InChI=1S/C22H25N7/c1-15(2)21-23-9-8-16(24-21)13-28-10-11-29-17(14-28)12-19(26-29)22-25-18-6-4-5-7-20(18)27(22)3/h4-9,12,15H,10-11,13-14H2,1-3H3. The van der Waals surface area contributed by atoms with Crippen molar-refractivity contribution >= 4 is 11.0 Å². The van der Waals surface area contributed by atoms with E-state index in [0.29, 0.717) is 5.92 Å². The summed E-state index contributed by atoms with van der Waals surface area (Å²) in [5.74, 6) is 2.17. The molecule has 3 aromatic heterocycles. The van der Waals surface area contributed by atoms with E-state index in [1.165, 1.54) is 5.69 Å². The van der Waals surface area contributed by atoms with Gasteiger partial charge in [0.25, 0.3) is 0 Å². The smallest absolute Gasteiger partial charge is 0.161 e. The Hall–Kier alpha value is -3.06. The molecule has 4 heterocycles.